The molecule has 12 heteroatoms. The number of benzene rings is 2. The van der Waals surface area contributed by atoms with Gasteiger partial charge in [0.15, 0.2) is 12.3 Å². The van der Waals surface area contributed by atoms with Crippen LogP contribution in [-0.2, 0) is 4.79 Å². The van der Waals surface area contributed by atoms with Crippen LogP contribution in [0.15, 0.2) is 59.4 Å². The third kappa shape index (κ3) is 6.19. The Morgan fingerprint density at radius 3 is 2.40 bits per heavy atom. The summed E-state index contributed by atoms with van der Waals surface area (Å²) < 4.78 is 26.9. The van der Waals surface area contributed by atoms with Crippen molar-refractivity contribution < 1.29 is 34.0 Å². The van der Waals surface area contributed by atoms with Gasteiger partial charge in [-0.05, 0) is 49.2 Å². The molecule has 2 aromatic carbocycles. The zero-order chi connectivity index (χ0) is 25.9. The normalized spacial score (nSPS) is 21.8. The number of halogens is 2. The number of carbonyl (C=O) groups excluding carboxylic acids is 1. The van der Waals surface area contributed by atoms with Crippen molar-refractivity contribution in [3.63, 3.8) is 0 Å². The summed E-state index contributed by atoms with van der Waals surface area (Å²) >= 11 is 0. The van der Waals surface area contributed by atoms with Crippen LogP contribution >= 0.6 is 0 Å². The summed E-state index contributed by atoms with van der Waals surface area (Å²) in [5.41, 5.74) is 7.86. The highest BCUT2D eigenvalue weighted by molar-refractivity contribution is 6.04. The molecule has 2 aromatic rings. The topological polar surface area (TPSA) is 172 Å². The van der Waals surface area contributed by atoms with Gasteiger partial charge in [-0.15, -0.1) is 0 Å². The molecule has 1 amide bonds. The number of carbonyl (C=O) groups is 1. The van der Waals surface area contributed by atoms with E-state index in [1.165, 1.54) is 18.5 Å². The van der Waals surface area contributed by atoms with E-state index >= 15 is 0 Å². The van der Waals surface area contributed by atoms with Crippen molar-refractivity contribution in [3.05, 3.63) is 82.7 Å². The lowest BCUT2D eigenvalue weighted by Crippen LogP contribution is -2.57. The SMILES string of the molecule is CC1=C(/c2ccc(NC(=O)C(O)c3cc(F)cc(F)c3)cc2C)NC(C(O)(O)O)N\C=C/N=C\1N. The molecule has 0 bridgehead atoms. The third-order valence-electron chi connectivity index (χ3n) is 5.20. The minimum absolute atomic E-state index is 0.118. The smallest absolute Gasteiger partial charge is 0.316 e. The van der Waals surface area contributed by atoms with Gasteiger partial charge in [-0.3, -0.25) is 4.79 Å². The highest BCUT2D eigenvalue weighted by Gasteiger charge is 2.33. The van der Waals surface area contributed by atoms with E-state index in [1.54, 1.807) is 26.0 Å². The quantitative estimate of drug-likeness (QED) is 0.283. The van der Waals surface area contributed by atoms with Gasteiger partial charge >= 0.3 is 5.97 Å². The van der Waals surface area contributed by atoms with E-state index in [1.807, 2.05) is 0 Å². The zero-order valence-electron chi connectivity index (χ0n) is 18.8. The Balaban J connectivity index is 1.90. The Bertz CT molecular complexity index is 1200. The number of aryl methyl sites for hydroxylation is 1. The minimum atomic E-state index is -3.15. The maximum atomic E-state index is 13.4. The lowest BCUT2D eigenvalue weighted by Gasteiger charge is -2.30. The molecule has 2 atom stereocenters. The van der Waals surface area contributed by atoms with E-state index in [2.05, 4.69) is 20.9 Å². The van der Waals surface area contributed by atoms with Crippen LogP contribution in [-0.4, -0.2) is 44.3 Å². The van der Waals surface area contributed by atoms with Gasteiger partial charge in [-0.25, -0.2) is 13.8 Å². The summed E-state index contributed by atoms with van der Waals surface area (Å²) in [5.74, 6) is -5.80. The van der Waals surface area contributed by atoms with Gasteiger partial charge in [0, 0.05) is 35.3 Å². The van der Waals surface area contributed by atoms with Gasteiger partial charge in [0.05, 0.1) is 5.70 Å². The Kier molecular flexibility index (Phi) is 7.51. The first-order valence-electron chi connectivity index (χ1n) is 10.3. The number of hydrogen-bond donors (Lipinski definition) is 8. The van der Waals surface area contributed by atoms with Crippen LogP contribution in [0.2, 0.25) is 0 Å². The van der Waals surface area contributed by atoms with Crippen LogP contribution in [0.1, 0.15) is 29.7 Å². The fraction of sp³-hybridized carbons (Fsp3) is 0.217. The lowest BCUT2D eigenvalue weighted by molar-refractivity contribution is -0.328. The largest absolute Gasteiger partial charge is 0.383 e. The predicted molar refractivity (Wildman–Crippen MR) is 124 cm³/mol. The molecule has 0 saturated heterocycles. The maximum absolute atomic E-state index is 13.4. The molecule has 1 aliphatic rings. The number of aliphatic hydroxyl groups excluding tert-OH is 1. The van der Waals surface area contributed by atoms with Crippen molar-refractivity contribution in [3.8, 4) is 0 Å². The molecule has 0 aliphatic carbocycles. The summed E-state index contributed by atoms with van der Waals surface area (Å²) in [7, 11) is 0. The van der Waals surface area contributed by atoms with Gasteiger partial charge in [-0.2, -0.15) is 0 Å². The molecule has 10 nitrogen and oxygen atoms in total. The first-order valence-corrected chi connectivity index (χ1v) is 10.3. The summed E-state index contributed by atoms with van der Waals surface area (Å²) in [5, 5.41) is 47.1. The minimum Gasteiger partial charge on any atom is -0.383 e. The number of anilines is 1. The molecule has 0 fully saturated rings. The molecule has 3 rings (SSSR count). The number of nitrogens with two attached hydrogens (primary N) is 1. The fourth-order valence-electron chi connectivity index (χ4n) is 3.38. The lowest BCUT2D eigenvalue weighted by atomic mass is 10.00. The van der Waals surface area contributed by atoms with Crippen LogP contribution in [0.25, 0.3) is 5.70 Å². The number of amidine groups is 1. The number of rotatable bonds is 5. The summed E-state index contributed by atoms with van der Waals surface area (Å²) in [6.45, 7) is 3.32. The number of amides is 1. The number of aliphatic hydroxyl groups is 4. The Morgan fingerprint density at radius 2 is 1.80 bits per heavy atom. The van der Waals surface area contributed by atoms with Gasteiger partial charge in [-0.1, -0.05) is 6.07 Å². The average Bonchev–Trinajstić information content (AvgIpc) is 2.83. The molecule has 1 heterocycles. The monoisotopic (exact) mass is 489 g/mol. The fourth-order valence-corrected chi connectivity index (χ4v) is 3.38. The summed E-state index contributed by atoms with van der Waals surface area (Å²) in [6, 6.07) is 6.96. The van der Waals surface area contributed by atoms with E-state index in [0.717, 1.165) is 12.1 Å². The molecular formula is C23H25F2N5O5. The second kappa shape index (κ2) is 10.2. The Morgan fingerprint density at radius 1 is 1.14 bits per heavy atom. The van der Waals surface area contributed by atoms with Crippen LogP contribution in [0.5, 0.6) is 0 Å². The summed E-state index contributed by atoms with van der Waals surface area (Å²) in [4.78, 5) is 16.5. The number of nitrogens with zero attached hydrogens (tertiary/aromatic N) is 1. The molecule has 0 radical (unpaired) electrons. The Labute approximate surface area is 199 Å². The van der Waals surface area contributed by atoms with Crippen molar-refractivity contribution in [1.82, 2.24) is 10.6 Å². The molecule has 9 N–H and O–H groups in total. The standard InChI is InChI=1S/C23H25F2N5O5/c1-11-7-16(29-21(32)19(31)13-8-14(24)10-15(25)9-13)3-4-17(11)18-12(2)20(26)27-5-6-28-22(30-18)23(33,34)35/h3-10,19,22,28,30-31,33-35H,1-2H3,(H2,26,27)(H,29,32)/b6-5-,18-12+. The molecular weight excluding hydrogens is 464 g/mol. The highest BCUT2D eigenvalue weighted by Crippen LogP contribution is 2.26. The van der Waals surface area contributed by atoms with Gasteiger partial charge in [0.2, 0.25) is 0 Å². The van der Waals surface area contributed by atoms with E-state index in [4.69, 9.17) is 5.73 Å². The zero-order valence-corrected chi connectivity index (χ0v) is 18.8. The van der Waals surface area contributed by atoms with E-state index < -0.39 is 35.8 Å². The number of aliphatic imine (C=N–C) groups is 1. The van der Waals surface area contributed by atoms with Crippen LogP contribution < -0.4 is 21.7 Å². The van der Waals surface area contributed by atoms with E-state index in [0.29, 0.717) is 28.5 Å². The average molecular weight is 489 g/mol. The van der Waals surface area contributed by atoms with Crippen LogP contribution in [0, 0.1) is 18.6 Å². The van der Waals surface area contributed by atoms with Gasteiger partial charge in [0.25, 0.3) is 5.91 Å². The van der Waals surface area contributed by atoms with Crippen LogP contribution in [0.4, 0.5) is 14.5 Å². The number of nitrogens with one attached hydrogen (secondary N) is 3. The van der Waals surface area contributed by atoms with Crippen LogP contribution in [0.3, 0.4) is 0 Å². The molecule has 1 aliphatic heterocycles. The van der Waals surface area contributed by atoms with Gasteiger partial charge in [0.1, 0.15) is 17.5 Å². The van der Waals surface area contributed by atoms with Crippen molar-refractivity contribution in [2.24, 2.45) is 10.7 Å². The highest BCUT2D eigenvalue weighted by atomic mass is 19.1. The molecule has 0 spiro atoms. The molecule has 186 valence electrons. The summed E-state index contributed by atoms with van der Waals surface area (Å²) in [6.07, 6.45) is -0.739. The second-order valence-corrected chi connectivity index (χ2v) is 7.89. The number of hydrogen-bond acceptors (Lipinski definition) is 9. The molecule has 0 aromatic heterocycles. The third-order valence-corrected chi connectivity index (χ3v) is 5.20. The second-order valence-electron chi connectivity index (χ2n) is 7.89. The first-order chi connectivity index (χ1) is 16.4. The first kappa shape index (κ1) is 25.8. The van der Waals surface area contributed by atoms with Crippen molar-refractivity contribution in [2.75, 3.05) is 5.32 Å². The molecule has 0 saturated carbocycles. The predicted octanol–water partition coefficient (Wildman–Crippen LogP) is 0.654. The molecule has 35 heavy (non-hydrogen) atoms. The van der Waals surface area contributed by atoms with Gasteiger partial charge < -0.3 is 42.1 Å². The Hall–Kier alpha value is -3.84. The van der Waals surface area contributed by atoms with E-state index in [9.17, 15) is 34.0 Å². The van der Waals surface area contributed by atoms with Crippen molar-refractivity contribution in [2.45, 2.75) is 32.1 Å². The molecule has 2 unspecified atom stereocenters. The van der Waals surface area contributed by atoms with Crippen molar-refractivity contribution in [1.29, 1.82) is 0 Å². The van der Waals surface area contributed by atoms with Crippen molar-refractivity contribution >= 4 is 23.1 Å². The van der Waals surface area contributed by atoms with E-state index in [-0.39, 0.29) is 17.1 Å². The maximum Gasteiger partial charge on any atom is 0.316 e.